The number of rotatable bonds is 5. The Labute approximate surface area is 112 Å². The fourth-order valence-corrected chi connectivity index (χ4v) is 1.87. The van der Waals surface area contributed by atoms with Gasteiger partial charge < -0.3 is 9.47 Å². The molecular formula is C15H15NO3. The minimum Gasteiger partial charge on any atom is -0.493 e. The summed E-state index contributed by atoms with van der Waals surface area (Å²) >= 11 is 0. The zero-order valence-corrected chi connectivity index (χ0v) is 10.9. The molecule has 0 spiro atoms. The molecule has 0 bridgehead atoms. The summed E-state index contributed by atoms with van der Waals surface area (Å²) in [6.45, 7) is 0. The summed E-state index contributed by atoms with van der Waals surface area (Å²) in [5.41, 5.74) is 1.24. The number of ketones is 1. The molecule has 0 unspecified atom stereocenters. The molecule has 0 N–H and O–H groups in total. The Bertz CT molecular complexity index is 567. The molecule has 0 aliphatic carbocycles. The Morgan fingerprint density at radius 1 is 1.11 bits per heavy atom. The lowest BCUT2D eigenvalue weighted by atomic mass is 10.0. The van der Waals surface area contributed by atoms with E-state index in [1.165, 1.54) is 7.11 Å². The molecule has 1 heterocycles. The molecule has 0 aliphatic heterocycles. The predicted molar refractivity (Wildman–Crippen MR) is 71.8 cm³/mol. The van der Waals surface area contributed by atoms with E-state index in [4.69, 9.17) is 9.47 Å². The number of para-hydroxylation sites is 1. The molecule has 0 atom stereocenters. The second-order valence-electron chi connectivity index (χ2n) is 3.96. The average molecular weight is 257 g/mol. The normalized spacial score (nSPS) is 10.0. The number of aromatic nitrogens is 1. The zero-order chi connectivity index (χ0) is 13.7. The summed E-state index contributed by atoms with van der Waals surface area (Å²) in [6, 6.07) is 10.8. The van der Waals surface area contributed by atoms with Gasteiger partial charge in [-0.3, -0.25) is 9.78 Å². The van der Waals surface area contributed by atoms with Crippen molar-refractivity contribution in [2.24, 2.45) is 0 Å². The number of hydrogen-bond donors (Lipinski definition) is 0. The van der Waals surface area contributed by atoms with E-state index in [0.29, 0.717) is 17.1 Å². The highest BCUT2D eigenvalue weighted by Crippen LogP contribution is 2.31. The second kappa shape index (κ2) is 6.00. The van der Waals surface area contributed by atoms with Gasteiger partial charge in [-0.05, 0) is 24.3 Å². The largest absolute Gasteiger partial charge is 0.493 e. The van der Waals surface area contributed by atoms with Gasteiger partial charge in [0.1, 0.15) is 0 Å². The van der Waals surface area contributed by atoms with Crippen molar-refractivity contribution in [2.75, 3.05) is 14.2 Å². The van der Waals surface area contributed by atoms with E-state index in [0.717, 1.165) is 5.69 Å². The van der Waals surface area contributed by atoms with Crippen LogP contribution in [0, 0.1) is 0 Å². The van der Waals surface area contributed by atoms with Gasteiger partial charge in [0.2, 0.25) is 0 Å². The van der Waals surface area contributed by atoms with Crippen LogP contribution in [0.2, 0.25) is 0 Å². The molecule has 1 aromatic carbocycles. The first-order valence-corrected chi connectivity index (χ1v) is 5.90. The van der Waals surface area contributed by atoms with Gasteiger partial charge in [0.25, 0.3) is 0 Å². The van der Waals surface area contributed by atoms with Crippen LogP contribution in [-0.2, 0) is 6.42 Å². The van der Waals surface area contributed by atoms with Crippen LogP contribution in [0.3, 0.4) is 0 Å². The molecule has 0 saturated carbocycles. The number of ether oxygens (including phenoxy) is 2. The van der Waals surface area contributed by atoms with E-state index < -0.39 is 0 Å². The molecule has 0 aliphatic rings. The first kappa shape index (κ1) is 13.1. The SMILES string of the molecule is COc1cccc(C(=O)Cc2ccccn2)c1OC. The highest BCUT2D eigenvalue weighted by molar-refractivity contribution is 6.00. The summed E-state index contributed by atoms with van der Waals surface area (Å²) in [5.74, 6) is 0.967. The minimum atomic E-state index is -0.0468. The molecule has 1 aromatic heterocycles. The van der Waals surface area contributed by atoms with Crippen LogP contribution in [0.4, 0.5) is 0 Å². The Morgan fingerprint density at radius 2 is 1.95 bits per heavy atom. The third-order valence-electron chi connectivity index (χ3n) is 2.77. The first-order chi connectivity index (χ1) is 9.26. The molecular weight excluding hydrogens is 242 g/mol. The van der Waals surface area contributed by atoms with Crippen LogP contribution in [0.5, 0.6) is 11.5 Å². The maximum Gasteiger partial charge on any atom is 0.172 e. The molecule has 2 aromatic rings. The van der Waals surface area contributed by atoms with E-state index in [-0.39, 0.29) is 12.2 Å². The van der Waals surface area contributed by atoms with Gasteiger partial charge in [-0.15, -0.1) is 0 Å². The van der Waals surface area contributed by atoms with E-state index in [2.05, 4.69) is 4.98 Å². The van der Waals surface area contributed by atoms with Gasteiger partial charge in [-0.2, -0.15) is 0 Å². The molecule has 0 radical (unpaired) electrons. The summed E-state index contributed by atoms with van der Waals surface area (Å²) < 4.78 is 10.4. The monoisotopic (exact) mass is 257 g/mol. The van der Waals surface area contributed by atoms with Crippen LogP contribution in [-0.4, -0.2) is 25.0 Å². The molecule has 4 heteroatoms. The van der Waals surface area contributed by atoms with Crippen LogP contribution in [0.25, 0.3) is 0 Å². The van der Waals surface area contributed by atoms with Gasteiger partial charge in [-0.1, -0.05) is 12.1 Å². The van der Waals surface area contributed by atoms with Crippen molar-refractivity contribution in [1.29, 1.82) is 0 Å². The molecule has 0 amide bonds. The quantitative estimate of drug-likeness (QED) is 0.772. The molecule has 2 rings (SSSR count). The van der Waals surface area contributed by atoms with Crippen molar-refractivity contribution in [3.8, 4) is 11.5 Å². The molecule has 0 saturated heterocycles. The third kappa shape index (κ3) is 2.91. The lowest BCUT2D eigenvalue weighted by molar-refractivity contribution is 0.0988. The number of pyridine rings is 1. The second-order valence-corrected chi connectivity index (χ2v) is 3.96. The van der Waals surface area contributed by atoms with Gasteiger partial charge in [0, 0.05) is 11.9 Å². The standard InChI is InChI=1S/C15H15NO3/c1-18-14-8-5-7-12(15(14)19-2)13(17)10-11-6-3-4-9-16-11/h3-9H,10H2,1-2H3. The van der Waals surface area contributed by atoms with Crippen molar-refractivity contribution in [3.05, 3.63) is 53.9 Å². The van der Waals surface area contributed by atoms with Crippen molar-refractivity contribution in [3.63, 3.8) is 0 Å². The van der Waals surface area contributed by atoms with Crippen LogP contribution in [0.1, 0.15) is 16.1 Å². The Kier molecular flexibility index (Phi) is 4.13. The molecule has 19 heavy (non-hydrogen) atoms. The summed E-state index contributed by atoms with van der Waals surface area (Å²) in [7, 11) is 3.07. The van der Waals surface area contributed by atoms with Crippen molar-refractivity contribution >= 4 is 5.78 Å². The van der Waals surface area contributed by atoms with Gasteiger partial charge in [-0.25, -0.2) is 0 Å². The Morgan fingerprint density at radius 3 is 2.58 bits per heavy atom. The first-order valence-electron chi connectivity index (χ1n) is 5.90. The number of Topliss-reactive ketones (excluding diaryl/α,β-unsaturated/α-hetero) is 1. The molecule has 4 nitrogen and oxygen atoms in total. The van der Waals surface area contributed by atoms with Crippen LogP contribution >= 0.6 is 0 Å². The van der Waals surface area contributed by atoms with E-state index >= 15 is 0 Å². The number of methoxy groups -OCH3 is 2. The van der Waals surface area contributed by atoms with Gasteiger partial charge in [0.05, 0.1) is 26.2 Å². The average Bonchev–Trinajstić information content (AvgIpc) is 2.47. The maximum absolute atomic E-state index is 12.3. The van der Waals surface area contributed by atoms with Crippen molar-refractivity contribution in [1.82, 2.24) is 4.98 Å². The van der Waals surface area contributed by atoms with Gasteiger partial charge >= 0.3 is 0 Å². The minimum absolute atomic E-state index is 0.0468. The fourth-order valence-electron chi connectivity index (χ4n) is 1.87. The van der Waals surface area contributed by atoms with Crippen LogP contribution < -0.4 is 9.47 Å². The highest BCUT2D eigenvalue weighted by Gasteiger charge is 2.16. The molecule has 98 valence electrons. The number of nitrogens with zero attached hydrogens (tertiary/aromatic N) is 1. The molecule has 0 fully saturated rings. The topological polar surface area (TPSA) is 48.4 Å². The van der Waals surface area contributed by atoms with Crippen molar-refractivity contribution < 1.29 is 14.3 Å². The summed E-state index contributed by atoms with van der Waals surface area (Å²) in [4.78, 5) is 16.4. The van der Waals surface area contributed by atoms with Crippen molar-refractivity contribution in [2.45, 2.75) is 6.42 Å². The fraction of sp³-hybridized carbons (Fsp3) is 0.200. The number of carbonyl (C=O) groups is 1. The van der Waals surface area contributed by atoms with E-state index in [9.17, 15) is 4.79 Å². The lowest BCUT2D eigenvalue weighted by Gasteiger charge is -2.11. The number of hydrogen-bond acceptors (Lipinski definition) is 4. The third-order valence-corrected chi connectivity index (χ3v) is 2.77. The van der Waals surface area contributed by atoms with E-state index in [1.54, 1.807) is 31.5 Å². The smallest absolute Gasteiger partial charge is 0.172 e. The number of benzene rings is 1. The highest BCUT2D eigenvalue weighted by atomic mass is 16.5. The summed E-state index contributed by atoms with van der Waals surface area (Å²) in [6.07, 6.45) is 1.91. The van der Waals surface area contributed by atoms with Crippen LogP contribution in [0.15, 0.2) is 42.6 Å². The Balaban J connectivity index is 2.29. The Hall–Kier alpha value is -2.36. The van der Waals surface area contributed by atoms with Gasteiger partial charge in [0.15, 0.2) is 17.3 Å². The van der Waals surface area contributed by atoms with E-state index in [1.807, 2.05) is 18.2 Å². The number of carbonyl (C=O) groups excluding carboxylic acids is 1. The lowest BCUT2D eigenvalue weighted by Crippen LogP contribution is -2.07. The maximum atomic E-state index is 12.3. The zero-order valence-electron chi connectivity index (χ0n) is 10.9. The predicted octanol–water partition coefficient (Wildman–Crippen LogP) is 2.52. The summed E-state index contributed by atoms with van der Waals surface area (Å²) in [5, 5.41) is 0.